The number of nitrogens with one attached hydrogen (secondary N) is 1. The van der Waals surface area contributed by atoms with Gasteiger partial charge in [-0.2, -0.15) is 0 Å². The van der Waals surface area contributed by atoms with E-state index in [1.165, 1.54) is 23.9 Å². The molecule has 0 saturated carbocycles. The summed E-state index contributed by atoms with van der Waals surface area (Å²) in [5.41, 5.74) is 3.09. The molecular formula is C23H29FN2O2S. The number of amides is 2. The molecule has 0 heterocycles. The van der Waals surface area contributed by atoms with E-state index in [0.29, 0.717) is 12.3 Å². The minimum absolute atomic E-state index is 0.00845. The maximum atomic E-state index is 13.0. The number of hydrogen-bond donors (Lipinski definition) is 1. The highest BCUT2D eigenvalue weighted by atomic mass is 32.2. The van der Waals surface area contributed by atoms with Gasteiger partial charge in [0.15, 0.2) is 0 Å². The Morgan fingerprint density at radius 1 is 1.00 bits per heavy atom. The second kappa shape index (κ2) is 11.0. The molecule has 2 rings (SSSR count). The standard InChI is InChI=1S/C23H29FN2O2S/c1-16(2)25-23(28)18(4)26(13-19-7-5-17(3)6-8-19)22(27)15-29-14-20-9-11-21(24)12-10-20/h5-12,16,18H,13-15H2,1-4H3,(H,25,28). The average Bonchev–Trinajstić information content (AvgIpc) is 2.68. The highest BCUT2D eigenvalue weighted by Gasteiger charge is 2.26. The summed E-state index contributed by atoms with van der Waals surface area (Å²) in [5.74, 6) is 0.330. The average molecular weight is 417 g/mol. The molecule has 0 radical (unpaired) electrons. The Labute approximate surface area is 176 Å². The lowest BCUT2D eigenvalue weighted by Crippen LogP contribution is -2.49. The molecule has 0 aliphatic carbocycles. The summed E-state index contributed by atoms with van der Waals surface area (Å²) in [4.78, 5) is 27.1. The first-order valence-electron chi connectivity index (χ1n) is 9.74. The maximum Gasteiger partial charge on any atom is 0.242 e. The molecule has 0 aliphatic rings. The van der Waals surface area contributed by atoms with Gasteiger partial charge in [-0.05, 0) is 51.0 Å². The molecule has 0 spiro atoms. The molecule has 0 bridgehead atoms. The zero-order valence-electron chi connectivity index (χ0n) is 17.4. The molecule has 2 aromatic carbocycles. The molecule has 6 heteroatoms. The molecule has 0 saturated heterocycles. The largest absolute Gasteiger partial charge is 0.352 e. The number of carbonyl (C=O) groups is 2. The highest BCUT2D eigenvalue weighted by Crippen LogP contribution is 2.17. The van der Waals surface area contributed by atoms with Crippen LogP contribution in [0.2, 0.25) is 0 Å². The third-order valence-corrected chi connectivity index (χ3v) is 5.47. The van der Waals surface area contributed by atoms with Gasteiger partial charge in [-0.3, -0.25) is 9.59 Å². The molecule has 29 heavy (non-hydrogen) atoms. The minimum atomic E-state index is -0.572. The lowest BCUT2D eigenvalue weighted by Gasteiger charge is -2.29. The molecular weight excluding hydrogens is 387 g/mol. The number of carbonyl (C=O) groups excluding carboxylic acids is 2. The van der Waals surface area contributed by atoms with Gasteiger partial charge in [0.1, 0.15) is 11.9 Å². The van der Waals surface area contributed by atoms with E-state index in [2.05, 4.69) is 5.32 Å². The van der Waals surface area contributed by atoms with E-state index in [9.17, 15) is 14.0 Å². The Morgan fingerprint density at radius 2 is 1.59 bits per heavy atom. The fourth-order valence-corrected chi connectivity index (χ4v) is 3.67. The zero-order valence-corrected chi connectivity index (χ0v) is 18.3. The summed E-state index contributed by atoms with van der Waals surface area (Å²) in [6.45, 7) is 7.94. The van der Waals surface area contributed by atoms with Gasteiger partial charge in [0.2, 0.25) is 11.8 Å². The molecule has 1 unspecified atom stereocenters. The van der Waals surface area contributed by atoms with Gasteiger partial charge in [0, 0.05) is 18.3 Å². The number of halogens is 1. The van der Waals surface area contributed by atoms with E-state index < -0.39 is 6.04 Å². The highest BCUT2D eigenvalue weighted by molar-refractivity contribution is 7.99. The van der Waals surface area contributed by atoms with Crippen LogP contribution < -0.4 is 5.32 Å². The number of benzene rings is 2. The summed E-state index contributed by atoms with van der Waals surface area (Å²) in [6.07, 6.45) is 0. The van der Waals surface area contributed by atoms with Crippen molar-refractivity contribution in [2.45, 2.75) is 52.1 Å². The first kappa shape index (κ1) is 22.9. The first-order chi connectivity index (χ1) is 13.8. The van der Waals surface area contributed by atoms with Crippen LogP contribution in [-0.4, -0.2) is 34.6 Å². The van der Waals surface area contributed by atoms with E-state index in [-0.39, 0.29) is 29.4 Å². The van der Waals surface area contributed by atoms with Crippen LogP contribution in [0.15, 0.2) is 48.5 Å². The topological polar surface area (TPSA) is 49.4 Å². The summed E-state index contributed by atoms with van der Waals surface area (Å²) < 4.78 is 13.0. The summed E-state index contributed by atoms with van der Waals surface area (Å²) in [6, 6.07) is 13.7. The maximum absolute atomic E-state index is 13.0. The minimum Gasteiger partial charge on any atom is -0.352 e. The van der Waals surface area contributed by atoms with E-state index in [4.69, 9.17) is 0 Å². The van der Waals surface area contributed by atoms with E-state index in [0.717, 1.165) is 16.7 Å². The van der Waals surface area contributed by atoms with Crippen molar-refractivity contribution >= 4 is 23.6 Å². The van der Waals surface area contributed by atoms with Crippen molar-refractivity contribution in [1.29, 1.82) is 0 Å². The van der Waals surface area contributed by atoms with E-state index >= 15 is 0 Å². The fraction of sp³-hybridized carbons (Fsp3) is 0.391. The van der Waals surface area contributed by atoms with Gasteiger partial charge >= 0.3 is 0 Å². The molecule has 1 atom stereocenters. The Bertz CT molecular complexity index is 807. The lowest BCUT2D eigenvalue weighted by molar-refractivity contribution is -0.138. The van der Waals surface area contributed by atoms with Crippen LogP contribution >= 0.6 is 11.8 Å². The summed E-state index contributed by atoms with van der Waals surface area (Å²) >= 11 is 1.46. The lowest BCUT2D eigenvalue weighted by atomic mass is 10.1. The predicted octanol–water partition coefficient (Wildman–Crippen LogP) is 4.31. The number of rotatable bonds is 9. The van der Waals surface area contributed by atoms with Crippen LogP contribution in [0, 0.1) is 12.7 Å². The zero-order chi connectivity index (χ0) is 21.4. The van der Waals surface area contributed by atoms with Crippen LogP contribution in [0.3, 0.4) is 0 Å². The SMILES string of the molecule is Cc1ccc(CN(C(=O)CSCc2ccc(F)cc2)C(C)C(=O)NC(C)C)cc1. The van der Waals surface area contributed by atoms with Crippen molar-refractivity contribution in [3.63, 3.8) is 0 Å². The normalized spacial score (nSPS) is 11.9. The van der Waals surface area contributed by atoms with Gasteiger partial charge in [-0.25, -0.2) is 4.39 Å². The second-order valence-corrected chi connectivity index (χ2v) is 8.45. The van der Waals surface area contributed by atoms with Crippen molar-refractivity contribution in [2.24, 2.45) is 0 Å². The predicted molar refractivity (Wildman–Crippen MR) is 117 cm³/mol. The van der Waals surface area contributed by atoms with Crippen LogP contribution in [0.1, 0.15) is 37.5 Å². The molecule has 156 valence electrons. The van der Waals surface area contributed by atoms with Crippen LogP contribution in [0.25, 0.3) is 0 Å². The van der Waals surface area contributed by atoms with Crippen molar-refractivity contribution in [3.05, 3.63) is 71.0 Å². The Hall–Kier alpha value is -2.34. The quantitative estimate of drug-likeness (QED) is 0.663. The third-order valence-electron chi connectivity index (χ3n) is 4.48. The van der Waals surface area contributed by atoms with Gasteiger partial charge in [0.05, 0.1) is 5.75 Å². The molecule has 4 nitrogen and oxygen atoms in total. The van der Waals surface area contributed by atoms with Gasteiger partial charge in [-0.1, -0.05) is 42.0 Å². The number of thioether (sulfide) groups is 1. The Kier molecular flexibility index (Phi) is 8.70. The van der Waals surface area contributed by atoms with E-state index in [1.54, 1.807) is 24.0 Å². The fourth-order valence-electron chi connectivity index (χ4n) is 2.80. The number of hydrogen-bond acceptors (Lipinski definition) is 3. The summed E-state index contributed by atoms with van der Waals surface area (Å²) in [5, 5.41) is 2.88. The van der Waals surface area contributed by atoms with Crippen LogP contribution in [0.4, 0.5) is 4.39 Å². The Balaban J connectivity index is 2.05. The Morgan fingerprint density at radius 3 is 2.17 bits per heavy atom. The summed E-state index contributed by atoms with van der Waals surface area (Å²) in [7, 11) is 0. The molecule has 0 aromatic heterocycles. The van der Waals surface area contributed by atoms with Crippen molar-refractivity contribution in [2.75, 3.05) is 5.75 Å². The molecule has 0 fully saturated rings. The van der Waals surface area contributed by atoms with Crippen molar-refractivity contribution < 1.29 is 14.0 Å². The molecule has 2 amide bonds. The monoisotopic (exact) mass is 416 g/mol. The number of aryl methyl sites for hydroxylation is 1. The van der Waals surface area contributed by atoms with Crippen molar-refractivity contribution in [1.82, 2.24) is 10.2 Å². The van der Waals surface area contributed by atoms with Gasteiger partial charge < -0.3 is 10.2 Å². The molecule has 1 N–H and O–H groups in total. The first-order valence-corrected chi connectivity index (χ1v) is 10.9. The van der Waals surface area contributed by atoms with E-state index in [1.807, 2.05) is 45.0 Å². The second-order valence-electron chi connectivity index (χ2n) is 7.47. The molecule has 2 aromatic rings. The van der Waals surface area contributed by atoms with Crippen molar-refractivity contribution in [3.8, 4) is 0 Å². The number of nitrogens with zero attached hydrogens (tertiary/aromatic N) is 1. The van der Waals surface area contributed by atoms with Crippen LogP contribution in [-0.2, 0) is 21.9 Å². The molecule has 0 aliphatic heterocycles. The van der Waals surface area contributed by atoms with Gasteiger partial charge in [0.25, 0.3) is 0 Å². The third kappa shape index (κ3) is 7.54. The smallest absolute Gasteiger partial charge is 0.242 e. The van der Waals surface area contributed by atoms with Crippen LogP contribution in [0.5, 0.6) is 0 Å². The van der Waals surface area contributed by atoms with Gasteiger partial charge in [-0.15, -0.1) is 11.8 Å².